The number of aromatic nitrogens is 1. The van der Waals surface area contributed by atoms with Gasteiger partial charge < -0.3 is 5.32 Å². The van der Waals surface area contributed by atoms with Crippen LogP contribution < -0.4 is 5.32 Å². The van der Waals surface area contributed by atoms with Crippen molar-refractivity contribution in [3.8, 4) is 0 Å². The number of nitrogens with zero attached hydrogens (tertiary/aromatic N) is 1. The molecule has 0 radical (unpaired) electrons. The van der Waals surface area contributed by atoms with Gasteiger partial charge in [-0.15, -0.1) is 22.9 Å². The summed E-state index contributed by atoms with van der Waals surface area (Å²) < 4.78 is 0. The molecule has 0 aliphatic rings. The lowest BCUT2D eigenvalue weighted by Crippen LogP contribution is -2.00. The normalized spacial score (nSPS) is 9.91. The van der Waals surface area contributed by atoms with Gasteiger partial charge in [-0.1, -0.05) is 0 Å². The lowest BCUT2D eigenvalue weighted by atomic mass is 10.3. The van der Waals surface area contributed by atoms with E-state index < -0.39 is 0 Å². The summed E-state index contributed by atoms with van der Waals surface area (Å²) in [4.78, 5) is 4.09. The van der Waals surface area contributed by atoms with E-state index in [9.17, 15) is 0 Å². The van der Waals surface area contributed by atoms with Crippen LogP contribution in [0, 0.1) is 0 Å². The largest absolute Gasteiger partial charge is 0.362 e. The fraction of sp³-hybridized carbons (Fsp3) is 0.571. The Morgan fingerprint density at radius 2 is 2.45 bits per heavy atom. The molecule has 0 unspecified atom stereocenters. The maximum atomic E-state index is 5.52. The highest BCUT2D eigenvalue weighted by Crippen LogP contribution is 2.09. The second-order valence-electron chi connectivity index (χ2n) is 2.16. The van der Waals surface area contributed by atoms with Gasteiger partial charge in [0, 0.05) is 24.0 Å². The average Bonchev–Trinajstić information content (AvgIpc) is 2.50. The van der Waals surface area contributed by atoms with Crippen molar-refractivity contribution in [3.05, 3.63) is 11.6 Å². The molecule has 1 heterocycles. The third kappa shape index (κ3) is 3.58. The van der Waals surface area contributed by atoms with E-state index >= 15 is 0 Å². The summed E-state index contributed by atoms with van der Waals surface area (Å²) in [6, 6.07) is 0. The number of halogens is 1. The van der Waals surface area contributed by atoms with Crippen molar-refractivity contribution in [2.75, 3.05) is 17.7 Å². The zero-order valence-electron chi connectivity index (χ0n) is 6.22. The zero-order chi connectivity index (χ0) is 7.94. The van der Waals surface area contributed by atoms with E-state index in [1.807, 2.05) is 5.38 Å². The third-order valence-corrected chi connectivity index (χ3v) is 2.27. The Hall–Kier alpha value is -0.280. The lowest BCUT2D eigenvalue weighted by Gasteiger charge is -1.99. The summed E-state index contributed by atoms with van der Waals surface area (Å²) in [6.45, 7) is 0.972. The van der Waals surface area contributed by atoms with Crippen molar-refractivity contribution in [1.29, 1.82) is 0 Å². The predicted molar refractivity (Wildman–Crippen MR) is 50.6 cm³/mol. The number of hydrogen-bond acceptors (Lipinski definition) is 3. The molecular formula is C7H11ClN2S. The van der Waals surface area contributed by atoms with Crippen LogP contribution in [0.25, 0.3) is 0 Å². The first-order chi connectivity index (χ1) is 5.43. The van der Waals surface area contributed by atoms with E-state index in [2.05, 4.69) is 10.3 Å². The minimum absolute atomic E-state index is 0.750. The predicted octanol–water partition coefficient (Wildman–Crippen LogP) is 2.57. The van der Waals surface area contributed by atoms with Gasteiger partial charge in [-0.2, -0.15) is 0 Å². The molecule has 1 N–H and O–H groups in total. The highest BCUT2D eigenvalue weighted by atomic mass is 35.5. The van der Waals surface area contributed by atoms with Gasteiger partial charge in [-0.25, -0.2) is 4.98 Å². The first-order valence-electron chi connectivity index (χ1n) is 3.63. The van der Waals surface area contributed by atoms with E-state index in [1.54, 1.807) is 17.5 Å². The van der Waals surface area contributed by atoms with E-state index in [0.29, 0.717) is 0 Å². The van der Waals surface area contributed by atoms with Crippen molar-refractivity contribution in [3.63, 3.8) is 0 Å². The van der Waals surface area contributed by atoms with Gasteiger partial charge in [-0.3, -0.25) is 0 Å². The Bertz CT molecular complexity index is 177. The monoisotopic (exact) mass is 190 g/mol. The Morgan fingerprint density at radius 3 is 3.09 bits per heavy atom. The minimum Gasteiger partial charge on any atom is -0.362 e. The number of alkyl halides is 1. The molecule has 0 amide bonds. The van der Waals surface area contributed by atoms with E-state index in [0.717, 1.165) is 30.4 Å². The van der Waals surface area contributed by atoms with Crippen LogP contribution in [0.5, 0.6) is 0 Å². The summed E-state index contributed by atoms with van der Waals surface area (Å²) >= 11 is 7.15. The number of hydrogen-bond donors (Lipinski definition) is 1. The number of nitrogens with one attached hydrogen (secondary N) is 1. The Balaban J connectivity index is 2.04. The minimum atomic E-state index is 0.750. The van der Waals surface area contributed by atoms with Crippen molar-refractivity contribution in [2.24, 2.45) is 0 Å². The van der Waals surface area contributed by atoms with Crippen LogP contribution in [0.1, 0.15) is 12.8 Å². The van der Waals surface area contributed by atoms with Gasteiger partial charge in [-0.05, 0) is 12.8 Å². The van der Waals surface area contributed by atoms with Crippen LogP contribution in [0.15, 0.2) is 11.6 Å². The van der Waals surface area contributed by atoms with Crippen LogP contribution in [0.2, 0.25) is 0 Å². The molecule has 2 nitrogen and oxygen atoms in total. The fourth-order valence-electron chi connectivity index (χ4n) is 0.726. The number of rotatable bonds is 5. The number of unbranched alkanes of at least 4 members (excludes halogenated alkanes) is 1. The van der Waals surface area contributed by atoms with E-state index in [-0.39, 0.29) is 0 Å². The topological polar surface area (TPSA) is 24.9 Å². The molecule has 1 rings (SSSR count). The maximum Gasteiger partial charge on any atom is 0.182 e. The fourth-order valence-corrected chi connectivity index (χ4v) is 1.47. The van der Waals surface area contributed by atoms with Gasteiger partial charge in [0.15, 0.2) is 5.13 Å². The molecule has 4 heteroatoms. The van der Waals surface area contributed by atoms with Crippen LogP contribution >= 0.6 is 22.9 Å². The SMILES string of the molecule is ClCCCCNc1nccs1. The van der Waals surface area contributed by atoms with Gasteiger partial charge in [0.1, 0.15) is 0 Å². The van der Waals surface area contributed by atoms with E-state index in [1.165, 1.54) is 0 Å². The lowest BCUT2D eigenvalue weighted by molar-refractivity contribution is 0.838. The molecule has 0 bridgehead atoms. The summed E-state index contributed by atoms with van der Waals surface area (Å²) in [5, 5.41) is 6.17. The van der Waals surface area contributed by atoms with Gasteiger partial charge >= 0.3 is 0 Å². The van der Waals surface area contributed by atoms with Crippen molar-refractivity contribution in [2.45, 2.75) is 12.8 Å². The van der Waals surface area contributed by atoms with Crippen LogP contribution in [-0.2, 0) is 0 Å². The molecule has 1 aromatic rings. The third-order valence-electron chi connectivity index (χ3n) is 1.27. The second-order valence-corrected chi connectivity index (χ2v) is 3.43. The van der Waals surface area contributed by atoms with Gasteiger partial charge in [0.25, 0.3) is 0 Å². The highest BCUT2D eigenvalue weighted by molar-refractivity contribution is 7.13. The molecule has 0 saturated heterocycles. The van der Waals surface area contributed by atoms with Crippen molar-refractivity contribution in [1.82, 2.24) is 4.98 Å². The molecule has 62 valence electrons. The van der Waals surface area contributed by atoms with E-state index in [4.69, 9.17) is 11.6 Å². The van der Waals surface area contributed by atoms with Crippen LogP contribution in [-0.4, -0.2) is 17.4 Å². The van der Waals surface area contributed by atoms with Crippen molar-refractivity contribution >= 4 is 28.1 Å². The molecule has 0 spiro atoms. The summed E-state index contributed by atoms with van der Waals surface area (Å²) in [7, 11) is 0. The second kappa shape index (κ2) is 5.38. The molecule has 0 atom stereocenters. The molecule has 1 aromatic heterocycles. The average molecular weight is 191 g/mol. The van der Waals surface area contributed by atoms with Crippen LogP contribution in [0.3, 0.4) is 0 Å². The standard InChI is InChI=1S/C7H11ClN2S/c8-3-1-2-4-9-7-10-5-6-11-7/h5-6H,1-4H2,(H,9,10). The highest BCUT2D eigenvalue weighted by Gasteiger charge is 1.91. The number of anilines is 1. The molecule has 0 fully saturated rings. The molecule has 0 saturated carbocycles. The molecule has 0 aliphatic carbocycles. The molecule has 11 heavy (non-hydrogen) atoms. The Labute approximate surface area is 75.6 Å². The number of thiazole rings is 1. The molecule has 0 aromatic carbocycles. The summed E-state index contributed by atoms with van der Waals surface area (Å²) in [5.74, 6) is 0.750. The smallest absolute Gasteiger partial charge is 0.182 e. The Kier molecular flexibility index (Phi) is 4.31. The maximum absolute atomic E-state index is 5.52. The van der Waals surface area contributed by atoms with Gasteiger partial charge in [0.2, 0.25) is 0 Å². The summed E-state index contributed by atoms with van der Waals surface area (Å²) in [6.07, 6.45) is 3.98. The first kappa shape index (κ1) is 8.81. The van der Waals surface area contributed by atoms with Crippen LogP contribution in [0.4, 0.5) is 5.13 Å². The summed E-state index contributed by atoms with van der Waals surface area (Å²) in [5.41, 5.74) is 0. The molecule has 0 aliphatic heterocycles. The van der Waals surface area contributed by atoms with Crippen molar-refractivity contribution < 1.29 is 0 Å². The first-order valence-corrected chi connectivity index (χ1v) is 5.04. The molecular weight excluding hydrogens is 180 g/mol. The quantitative estimate of drug-likeness (QED) is 0.570. The van der Waals surface area contributed by atoms with Gasteiger partial charge in [0.05, 0.1) is 0 Å². The zero-order valence-corrected chi connectivity index (χ0v) is 7.79. The Morgan fingerprint density at radius 1 is 1.55 bits per heavy atom.